The summed E-state index contributed by atoms with van der Waals surface area (Å²) in [6, 6.07) is 18.0. The van der Waals surface area contributed by atoms with Crippen LogP contribution in [0.2, 0.25) is 0 Å². The molecule has 0 spiro atoms. The second kappa shape index (κ2) is 8.23. The SMILES string of the molecule is CCN(CC)c1ccc(C(=O)NCCc2ccccc2)cc1. The lowest BCUT2D eigenvalue weighted by molar-refractivity contribution is 0.0954. The Hall–Kier alpha value is -2.29. The molecule has 0 fully saturated rings. The summed E-state index contributed by atoms with van der Waals surface area (Å²) < 4.78 is 0. The third-order valence-corrected chi connectivity index (χ3v) is 3.80. The van der Waals surface area contributed by atoms with Gasteiger partial charge in [-0.1, -0.05) is 30.3 Å². The Bertz CT molecular complexity index is 574. The zero-order valence-electron chi connectivity index (χ0n) is 13.4. The molecule has 0 bridgehead atoms. The molecule has 0 aliphatic heterocycles. The number of anilines is 1. The molecule has 22 heavy (non-hydrogen) atoms. The normalized spacial score (nSPS) is 10.3. The first-order valence-electron chi connectivity index (χ1n) is 7.91. The summed E-state index contributed by atoms with van der Waals surface area (Å²) in [6.45, 7) is 6.86. The average molecular weight is 296 g/mol. The first-order chi connectivity index (χ1) is 10.7. The van der Waals surface area contributed by atoms with Gasteiger partial charge in [0.15, 0.2) is 0 Å². The number of rotatable bonds is 7. The van der Waals surface area contributed by atoms with Gasteiger partial charge in [-0.25, -0.2) is 0 Å². The summed E-state index contributed by atoms with van der Waals surface area (Å²) in [5.74, 6) is -0.0120. The first-order valence-corrected chi connectivity index (χ1v) is 7.91. The standard InChI is InChI=1S/C19H24N2O/c1-3-21(4-2)18-12-10-17(11-13-18)19(22)20-15-14-16-8-6-5-7-9-16/h5-13H,3-4,14-15H2,1-2H3,(H,20,22). The minimum atomic E-state index is -0.0120. The van der Waals surface area contributed by atoms with Gasteiger partial charge in [0, 0.05) is 30.9 Å². The highest BCUT2D eigenvalue weighted by Crippen LogP contribution is 2.14. The molecule has 2 aromatic carbocycles. The molecular weight excluding hydrogens is 272 g/mol. The Labute approximate surface area is 133 Å². The lowest BCUT2D eigenvalue weighted by Gasteiger charge is -2.21. The molecule has 0 aliphatic rings. The van der Waals surface area contributed by atoms with Gasteiger partial charge in [0.1, 0.15) is 0 Å². The number of hydrogen-bond acceptors (Lipinski definition) is 2. The molecule has 116 valence electrons. The van der Waals surface area contributed by atoms with Gasteiger partial charge < -0.3 is 10.2 Å². The number of hydrogen-bond donors (Lipinski definition) is 1. The van der Waals surface area contributed by atoms with Crippen LogP contribution in [0.1, 0.15) is 29.8 Å². The molecule has 0 unspecified atom stereocenters. The lowest BCUT2D eigenvalue weighted by Crippen LogP contribution is -2.26. The second-order valence-corrected chi connectivity index (χ2v) is 5.21. The maximum atomic E-state index is 12.1. The Morgan fingerprint density at radius 1 is 0.955 bits per heavy atom. The molecule has 3 nitrogen and oxygen atoms in total. The molecule has 1 N–H and O–H groups in total. The van der Waals surface area contributed by atoms with E-state index in [1.807, 2.05) is 42.5 Å². The Balaban J connectivity index is 1.87. The number of carbonyl (C=O) groups excluding carboxylic acids is 1. The quantitative estimate of drug-likeness (QED) is 0.848. The van der Waals surface area contributed by atoms with E-state index in [1.54, 1.807) is 0 Å². The predicted molar refractivity (Wildman–Crippen MR) is 92.5 cm³/mol. The van der Waals surface area contributed by atoms with Gasteiger partial charge >= 0.3 is 0 Å². The van der Waals surface area contributed by atoms with Crippen LogP contribution in [0.4, 0.5) is 5.69 Å². The van der Waals surface area contributed by atoms with Crippen molar-refractivity contribution in [3.05, 3.63) is 65.7 Å². The van der Waals surface area contributed by atoms with Crippen molar-refractivity contribution in [1.82, 2.24) is 5.32 Å². The molecule has 3 heteroatoms. The van der Waals surface area contributed by atoms with Gasteiger partial charge in [0.05, 0.1) is 0 Å². The zero-order chi connectivity index (χ0) is 15.8. The molecule has 0 aromatic heterocycles. The van der Waals surface area contributed by atoms with E-state index in [-0.39, 0.29) is 5.91 Å². The van der Waals surface area contributed by atoms with Crippen LogP contribution in [0.5, 0.6) is 0 Å². The van der Waals surface area contributed by atoms with E-state index >= 15 is 0 Å². The summed E-state index contributed by atoms with van der Waals surface area (Å²) in [5, 5.41) is 2.97. The maximum Gasteiger partial charge on any atom is 0.251 e. The Morgan fingerprint density at radius 2 is 1.59 bits per heavy atom. The average Bonchev–Trinajstić information content (AvgIpc) is 2.57. The van der Waals surface area contributed by atoms with Crippen molar-refractivity contribution < 1.29 is 4.79 Å². The van der Waals surface area contributed by atoms with Crippen molar-refractivity contribution in [1.29, 1.82) is 0 Å². The van der Waals surface area contributed by atoms with Crippen LogP contribution in [-0.2, 0) is 6.42 Å². The number of nitrogens with zero attached hydrogens (tertiary/aromatic N) is 1. The predicted octanol–water partition coefficient (Wildman–Crippen LogP) is 3.51. The third kappa shape index (κ3) is 4.35. The fraction of sp³-hybridized carbons (Fsp3) is 0.316. The molecule has 2 rings (SSSR count). The van der Waals surface area contributed by atoms with Crippen molar-refractivity contribution in [2.24, 2.45) is 0 Å². The summed E-state index contributed by atoms with van der Waals surface area (Å²) in [7, 11) is 0. The first kappa shape index (κ1) is 16.1. The fourth-order valence-corrected chi connectivity index (χ4v) is 2.48. The topological polar surface area (TPSA) is 32.3 Å². The van der Waals surface area contributed by atoms with Gasteiger partial charge in [-0.15, -0.1) is 0 Å². The zero-order valence-corrected chi connectivity index (χ0v) is 13.4. The highest BCUT2D eigenvalue weighted by atomic mass is 16.1. The van der Waals surface area contributed by atoms with Gasteiger partial charge in [0.2, 0.25) is 0 Å². The lowest BCUT2D eigenvalue weighted by atomic mass is 10.1. The van der Waals surface area contributed by atoms with Crippen molar-refractivity contribution in [3.8, 4) is 0 Å². The maximum absolute atomic E-state index is 12.1. The van der Waals surface area contributed by atoms with Gasteiger partial charge in [0.25, 0.3) is 5.91 Å². The highest BCUT2D eigenvalue weighted by Gasteiger charge is 2.06. The summed E-state index contributed by atoms with van der Waals surface area (Å²) in [6.07, 6.45) is 0.851. The molecule has 0 radical (unpaired) electrons. The van der Waals surface area contributed by atoms with Gasteiger partial charge in [-0.05, 0) is 50.1 Å². The Morgan fingerprint density at radius 3 is 2.18 bits per heavy atom. The van der Waals surface area contributed by atoms with Crippen molar-refractivity contribution >= 4 is 11.6 Å². The smallest absolute Gasteiger partial charge is 0.251 e. The summed E-state index contributed by atoms with van der Waals surface area (Å²) in [4.78, 5) is 14.4. The van der Waals surface area contributed by atoms with Crippen LogP contribution >= 0.6 is 0 Å². The second-order valence-electron chi connectivity index (χ2n) is 5.21. The van der Waals surface area contributed by atoms with E-state index in [2.05, 4.69) is 36.2 Å². The van der Waals surface area contributed by atoms with E-state index in [0.29, 0.717) is 12.1 Å². The van der Waals surface area contributed by atoms with Crippen LogP contribution in [0.3, 0.4) is 0 Å². The highest BCUT2D eigenvalue weighted by molar-refractivity contribution is 5.94. The van der Waals surface area contributed by atoms with Crippen LogP contribution in [0, 0.1) is 0 Å². The number of amides is 1. The number of carbonyl (C=O) groups is 1. The van der Waals surface area contributed by atoms with Crippen LogP contribution in [0.15, 0.2) is 54.6 Å². The third-order valence-electron chi connectivity index (χ3n) is 3.80. The molecule has 0 heterocycles. The van der Waals surface area contributed by atoms with E-state index in [4.69, 9.17) is 0 Å². The Kier molecular flexibility index (Phi) is 6.01. The monoisotopic (exact) mass is 296 g/mol. The minimum Gasteiger partial charge on any atom is -0.372 e. The number of benzene rings is 2. The molecular formula is C19H24N2O. The molecule has 0 aliphatic carbocycles. The largest absolute Gasteiger partial charge is 0.372 e. The van der Waals surface area contributed by atoms with E-state index in [0.717, 1.165) is 25.2 Å². The molecule has 1 amide bonds. The van der Waals surface area contributed by atoms with Gasteiger partial charge in [-0.2, -0.15) is 0 Å². The summed E-state index contributed by atoms with van der Waals surface area (Å²) >= 11 is 0. The van der Waals surface area contributed by atoms with Crippen molar-refractivity contribution in [2.45, 2.75) is 20.3 Å². The van der Waals surface area contributed by atoms with E-state index in [1.165, 1.54) is 5.56 Å². The van der Waals surface area contributed by atoms with Crippen LogP contribution in [-0.4, -0.2) is 25.5 Å². The molecule has 0 saturated carbocycles. The minimum absolute atomic E-state index is 0.0120. The fourth-order valence-electron chi connectivity index (χ4n) is 2.48. The van der Waals surface area contributed by atoms with E-state index < -0.39 is 0 Å². The van der Waals surface area contributed by atoms with E-state index in [9.17, 15) is 4.79 Å². The number of nitrogens with one attached hydrogen (secondary N) is 1. The van der Waals surface area contributed by atoms with Crippen LogP contribution < -0.4 is 10.2 Å². The van der Waals surface area contributed by atoms with Crippen molar-refractivity contribution in [2.75, 3.05) is 24.5 Å². The van der Waals surface area contributed by atoms with Gasteiger partial charge in [-0.3, -0.25) is 4.79 Å². The summed E-state index contributed by atoms with van der Waals surface area (Å²) in [5.41, 5.74) is 3.11. The van der Waals surface area contributed by atoms with Crippen molar-refractivity contribution in [3.63, 3.8) is 0 Å². The molecule has 0 saturated heterocycles. The van der Waals surface area contributed by atoms with Crippen LogP contribution in [0.25, 0.3) is 0 Å². The molecule has 2 aromatic rings. The molecule has 0 atom stereocenters.